The molecule has 1 amide bonds. The van der Waals surface area contributed by atoms with E-state index in [-0.39, 0.29) is 23.9 Å². The van der Waals surface area contributed by atoms with Crippen molar-refractivity contribution in [2.24, 2.45) is 0 Å². The van der Waals surface area contributed by atoms with Crippen LogP contribution in [0.3, 0.4) is 0 Å². The van der Waals surface area contributed by atoms with E-state index in [4.69, 9.17) is 4.74 Å². The van der Waals surface area contributed by atoms with E-state index in [2.05, 4.69) is 5.32 Å². The number of carbonyl (C=O) groups excluding carboxylic acids is 1. The summed E-state index contributed by atoms with van der Waals surface area (Å²) in [4.78, 5) is 14.5. The summed E-state index contributed by atoms with van der Waals surface area (Å²) >= 11 is 0. The highest BCUT2D eigenvalue weighted by Crippen LogP contribution is 2.15. The van der Waals surface area contributed by atoms with Crippen molar-refractivity contribution in [3.63, 3.8) is 0 Å². The molecule has 2 unspecified atom stereocenters. The second-order valence-electron chi connectivity index (χ2n) is 6.89. The van der Waals surface area contributed by atoms with Crippen molar-refractivity contribution in [2.45, 2.75) is 39.1 Å². The van der Waals surface area contributed by atoms with Gasteiger partial charge >= 0.3 is 0 Å². The van der Waals surface area contributed by atoms with Crippen LogP contribution in [-0.2, 0) is 17.8 Å². The van der Waals surface area contributed by atoms with Crippen LogP contribution >= 0.6 is 0 Å². The molecule has 5 heteroatoms. The van der Waals surface area contributed by atoms with Crippen LogP contribution in [0.5, 0.6) is 0 Å². The van der Waals surface area contributed by atoms with E-state index in [0.717, 1.165) is 11.1 Å². The topological polar surface area (TPSA) is 41.6 Å². The molecular weight excluding hydrogens is 331 g/mol. The quantitative estimate of drug-likeness (QED) is 0.893. The molecule has 4 nitrogen and oxygen atoms in total. The van der Waals surface area contributed by atoms with Crippen LogP contribution in [0.25, 0.3) is 0 Å². The second kappa shape index (κ2) is 8.43. The molecule has 3 rings (SSSR count). The van der Waals surface area contributed by atoms with Gasteiger partial charge in [-0.2, -0.15) is 0 Å². The Balaban J connectivity index is 1.52. The number of benzene rings is 2. The lowest BCUT2D eigenvalue weighted by atomic mass is 10.1. The van der Waals surface area contributed by atoms with Gasteiger partial charge in [-0.3, -0.25) is 4.79 Å². The Kier molecular flexibility index (Phi) is 6.01. The van der Waals surface area contributed by atoms with Gasteiger partial charge in [-0.25, -0.2) is 4.39 Å². The standard InChI is InChI=1S/C21H25FN2O2/c1-15-13-24(14-16(2)26-15)21(25)19-7-3-17(4-8-19)11-23-12-18-5-9-20(22)10-6-18/h3-10,15-16,23H,11-14H2,1-2H3. The van der Waals surface area contributed by atoms with E-state index in [1.165, 1.54) is 12.1 Å². The lowest BCUT2D eigenvalue weighted by Gasteiger charge is -2.35. The molecule has 1 heterocycles. The molecule has 2 aromatic rings. The Labute approximate surface area is 154 Å². The maximum Gasteiger partial charge on any atom is 0.254 e. The van der Waals surface area contributed by atoms with E-state index in [1.54, 1.807) is 12.1 Å². The summed E-state index contributed by atoms with van der Waals surface area (Å²) in [6.07, 6.45) is 0.135. The highest BCUT2D eigenvalue weighted by Gasteiger charge is 2.26. The third kappa shape index (κ3) is 4.90. The van der Waals surface area contributed by atoms with Crippen LogP contribution in [0.15, 0.2) is 48.5 Å². The third-order valence-corrected chi connectivity index (χ3v) is 4.48. The Bertz CT molecular complexity index is 721. The highest BCUT2D eigenvalue weighted by molar-refractivity contribution is 5.94. The molecule has 0 spiro atoms. The first kappa shape index (κ1) is 18.5. The van der Waals surface area contributed by atoms with Gasteiger partial charge in [0.05, 0.1) is 12.2 Å². The summed E-state index contributed by atoms with van der Waals surface area (Å²) in [6.45, 7) is 6.61. The molecule has 1 fully saturated rings. The number of hydrogen-bond acceptors (Lipinski definition) is 3. The first-order chi connectivity index (χ1) is 12.5. The van der Waals surface area contributed by atoms with Crippen LogP contribution in [0.1, 0.15) is 35.3 Å². The van der Waals surface area contributed by atoms with Gasteiger partial charge in [0.2, 0.25) is 0 Å². The third-order valence-electron chi connectivity index (χ3n) is 4.48. The average molecular weight is 356 g/mol. The van der Waals surface area contributed by atoms with E-state index in [9.17, 15) is 9.18 Å². The highest BCUT2D eigenvalue weighted by atomic mass is 19.1. The van der Waals surface area contributed by atoms with Crippen LogP contribution < -0.4 is 5.32 Å². The number of halogens is 1. The van der Waals surface area contributed by atoms with Gasteiger partial charge in [0, 0.05) is 31.7 Å². The minimum absolute atomic E-state index is 0.0535. The minimum Gasteiger partial charge on any atom is -0.372 e. The molecule has 2 atom stereocenters. The Morgan fingerprint density at radius 2 is 1.50 bits per heavy atom. The van der Waals surface area contributed by atoms with Gasteiger partial charge in [0.15, 0.2) is 0 Å². The van der Waals surface area contributed by atoms with E-state index in [1.807, 2.05) is 43.0 Å². The normalized spacial score (nSPS) is 20.2. The average Bonchev–Trinajstić information content (AvgIpc) is 2.62. The lowest BCUT2D eigenvalue weighted by Crippen LogP contribution is -2.48. The Morgan fingerprint density at radius 1 is 1.00 bits per heavy atom. The zero-order chi connectivity index (χ0) is 18.5. The van der Waals surface area contributed by atoms with Crippen molar-refractivity contribution >= 4 is 5.91 Å². The van der Waals surface area contributed by atoms with Crippen molar-refractivity contribution in [3.05, 3.63) is 71.0 Å². The summed E-state index contributed by atoms with van der Waals surface area (Å²) in [7, 11) is 0. The molecule has 138 valence electrons. The molecule has 0 saturated carbocycles. The molecule has 0 bridgehead atoms. The van der Waals surface area contributed by atoms with Gasteiger partial charge in [-0.15, -0.1) is 0 Å². The Hall–Kier alpha value is -2.24. The maximum atomic E-state index is 12.9. The lowest BCUT2D eigenvalue weighted by molar-refractivity contribution is -0.0586. The first-order valence-electron chi connectivity index (χ1n) is 9.00. The van der Waals surface area contributed by atoms with Gasteiger partial charge in [-0.1, -0.05) is 24.3 Å². The number of nitrogens with zero attached hydrogens (tertiary/aromatic N) is 1. The fourth-order valence-corrected chi connectivity index (χ4v) is 3.24. The van der Waals surface area contributed by atoms with E-state index < -0.39 is 0 Å². The number of carbonyl (C=O) groups is 1. The second-order valence-corrected chi connectivity index (χ2v) is 6.89. The number of morpholine rings is 1. The molecule has 1 saturated heterocycles. The summed E-state index contributed by atoms with van der Waals surface area (Å²) in [5.41, 5.74) is 2.84. The number of rotatable bonds is 5. The number of hydrogen-bond donors (Lipinski definition) is 1. The molecular formula is C21H25FN2O2. The summed E-state index contributed by atoms with van der Waals surface area (Å²) in [6, 6.07) is 14.2. The Morgan fingerprint density at radius 3 is 2.04 bits per heavy atom. The van der Waals surface area contributed by atoms with Crippen molar-refractivity contribution in [3.8, 4) is 0 Å². The number of ether oxygens (including phenoxy) is 1. The van der Waals surface area contributed by atoms with Gasteiger partial charge in [0.25, 0.3) is 5.91 Å². The zero-order valence-corrected chi connectivity index (χ0v) is 15.2. The molecule has 26 heavy (non-hydrogen) atoms. The van der Waals surface area contributed by atoms with Crippen molar-refractivity contribution in [1.29, 1.82) is 0 Å². The first-order valence-corrected chi connectivity index (χ1v) is 9.00. The number of amides is 1. The van der Waals surface area contributed by atoms with Crippen molar-refractivity contribution in [1.82, 2.24) is 10.2 Å². The van der Waals surface area contributed by atoms with E-state index in [0.29, 0.717) is 31.7 Å². The molecule has 1 aliphatic heterocycles. The minimum atomic E-state index is -0.224. The molecule has 1 aliphatic rings. The predicted octanol–water partition coefficient (Wildman–Crippen LogP) is 3.36. The van der Waals surface area contributed by atoms with Gasteiger partial charge < -0.3 is 15.0 Å². The van der Waals surface area contributed by atoms with Crippen LogP contribution in [-0.4, -0.2) is 36.1 Å². The smallest absolute Gasteiger partial charge is 0.254 e. The largest absolute Gasteiger partial charge is 0.372 e. The molecule has 1 N–H and O–H groups in total. The molecule has 2 aromatic carbocycles. The fourth-order valence-electron chi connectivity index (χ4n) is 3.24. The van der Waals surface area contributed by atoms with Crippen LogP contribution in [0.4, 0.5) is 4.39 Å². The molecule has 0 radical (unpaired) electrons. The maximum absolute atomic E-state index is 12.9. The van der Waals surface area contributed by atoms with Gasteiger partial charge in [-0.05, 0) is 49.2 Å². The molecule has 0 aliphatic carbocycles. The van der Waals surface area contributed by atoms with Crippen LogP contribution in [0.2, 0.25) is 0 Å². The van der Waals surface area contributed by atoms with E-state index >= 15 is 0 Å². The summed E-state index contributed by atoms with van der Waals surface area (Å²) < 4.78 is 18.6. The monoisotopic (exact) mass is 356 g/mol. The predicted molar refractivity (Wildman–Crippen MR) is 99.3 cm³/mol. The van der Waals surface area contributed by atoms with Crippen LogP contribution in [0, 0.1) is 5.82 Å². The zero-order valence-electron chi connectivity index (χ0n) is 15.2. The number of nitrogens with one attached hydrogen (secondary N) is 1. The summed E-state index contributed by atoms with van der Waals surface area (Å²) in [5.74, 6) is -0.170. The molecule has 0 aromatic heterocycles. The van der Waals surface area contributed by atoms with Crippen molar-refractivity contribution < 1.29 is 13.9 Å². The van der Waals surface area contributed by atoms with Crippen molar-refractivity contribution in [2.75, 3.05) is 13.1 Å². The fraction of sp³-hybridized carbons (Fsp3) is 0.381. The van der Waals surface area contributed by atoms with Gasteiger partial charge in [0.1, 0.15) is 5.82 Å². The summed E-state index contributed by atoms with van der Waals surface area (Å²) in [5, 5.41) is 3.33. The SMILES string of the molecule is CC1CN(C(=O)c2ccc(CNCc3ccc(F)cc3)cc2)CC(C)O1.